The third-order valence-corrected chi connectivity index (χ3v) is 3.35. The molecular formula is C13H12ClN3O4. The molecule has 0 aliphatic carbocycles. The minimum absolute atomic E-state index is 0.0264. The lowest BCUT2D eigenvalue weighted by atomic mass is 10.2. The minimum Gasteiger partial charge on any atom is -0.497 e. The van der Waals surface area contributed by atoms with Crippen LogP contribution in [-0.4, -0.2) is 22.2 Å². The van der Waals surface area contributed by atoms with Crippen LogP contribution in [0, 0.1) is 24.0 Å². The van der Waals surface area contributed by atoms with Crippen molar-refractivity contribution in [3.8, 4) is 17.4 Å². The summed E-state index contributed by atoms with van der Waals surface area (Å²) in [5.41, 5.74) is 1.17. The fourth-order valence-electron chi connectivity index (χ4n) is 1.61. The van der Waals surface area contributed by atoms with Crippen molar-refractivity contribution in [1.82, 2.24) is 10.2 Å². The van der Waals surface area contributed by atoms with Gasteiger partial charge in [-0.25, -0.2) is 0 Å². The minimum atomic E-state index is -0.541. The summed E-state index contributed by atoms with van der Waals surface area (Å²) in [6.07, 6.45) is 0. The van der Waals surface area contributed by atoms with Crippen molar-refractivity contribution in [3.05, 3.63) is 44.6 Å². The van der Waals surface area contributed by atoms with Crippen LogP contribution in [-0.2, 0) is 0 Å². The third kappa shape index (κ3) is 3.03. The van der Waals surface area contributed by atoms with Crippen molar-refractivity contribution in [3.63, 3.8) is 0 Å². The van der Waals surface area contributed by atoms with Crippen LogP contribution in [0.4, 0.5) is 5.69 Å². The largest absolute Gasteiger partial charge is 0.497 e. The molecule has 0 aliphatic rings. The SMILES string of the molecule is COc1ccc([N+](=O)[O-])c(Oc2nnc(Cl)c(C)c2C)c1. The summed E-state index contributed by atoms with van der Waals surface area (Å²) in [5, 5.41) is 18.9. The molecule has 0 aliphatic heterocycles. The molecule has 2 aromatic rings. The van der Waals surface area contributed by atoms with E-state index in [0.717, 1.165) is 0 Å². The number of nitro benzene ring substituents is 1. The fourth-order valence-corrected chi connectivity index (χ4v) is 1.79. The van der Waals surface area contributed by atoms with Gasteiger partial charge in [0.25, 0.3) is 0 Å². The Morgan fingerprint density at radius 1 is 1.24 bits per heavy atom. The van der Waals surface area contributed by atoms with E-state index >= 15 is 0 Å². The van der Waals surface area contributed by atoms with E-state index in [4.69, 9.17) is 21.1 Å². The summed E-state index contributed by atoms with van der Waals surface area (Å²) in [6, 6.07) is 4.21. The second-order valence-electron chi connectivity index (χ2n) is 4.24. The van der Waals surface area contributed by atoms with Gasteiger partial charge in [-0.3, -0.25) is 10.1 Å². The summed E-state index contributed by atoms with van der Waals surface area (Å²) in [6.45, 7) is 3.51. The highest BCUT2D eigenvalue weighted by atomic mass is 35.5. The van der Waals surface area contributed by atoms with Crippen molar-refractivity contribution in [2.45, 2.75) is 13.8 Å². The van der Waals surface area contributed by atoms with E-state index in [-0.39, 0.29) is 22.5 Å². The Balaban J connectivity index is 2.48. The van der Waals surface area contributed by atoms with Crippen molar-refractivity contribution < 1.29 is 14.4 Å². The van der Waals surface area contributed by atoms with Gasteiger partial charge in [0.2, 0.25) is 11.6 Å². The van der Waals surface area contributed by atoms with Crippen LogP contribution in [0.1, 0.15) is 11.1 Å². The Bertz CT molecular complexity index is 706. The number of nitrogens with zero attached hydrogens (tertiary/aromatic N) is 3. The Morgan fingerprint density at radius 2 is 1.95 bits per heavy atom. The maximum Gasteiger partial charge on any atom is 0.311 e. The van der Waals surface area contributed by atoms with E-state index in [2.05, 4.69) is 10.2 Å². The quantitative estimate of drug-likeness (QED) is 0.635. The number of rotatable bonds is 4. The van der Waals surface area contributed by atoms with Gasteiger partial charge in [-0.2, -0.15) is 0 Å². The number of hydrogen-bond acceptors (Lipinski definition) is 6. The van der Waals surface area contributed by atoms with Gasteiger partial charge in [-0.05, 0) is 25.5 Å². The van der Waals surface area contributed by atoms with Crippen molar-refractivity contribution in [2.75, 3.05) is 7.11 Å². The van der Waals surface area contributed by atoms with Crippen LogP contribution in [0.2, 0.25) is 5.15 Å². The standard InChI is InChI=1S/C13H12ClN3O4/c1-7-8(2)13(16-15-12(7)14)21-11-6-9(20-3)4-5-10(11)17(18)19/h4-6H,1-3H3. The molecule has 8 heteroatoms. The monoisotopic (exact) mass is 309 g/mol. The predicted molar refractivity (Wildman–Crippen MR) is 76.2 cm³/mol. The van der Waals surface area contributed by atoms with Gasteiger partial charge in [-0.1, -0.05) is 11.6 Å². The molecule has 1 heterocycles. The first kappa shape index (κ1) is 15.0. The first-order valence-corrected chi connectivity index (χ1v) is 6.31. The van der Waals surface area contributed by atoms with E-state index in [0.29, 0.717) is 16.9 Å². The molecule has 110 valence electrons. The number of ether oxygens (including phenoxy) is 2. The Labute approximate surface area is 125 Å². The predicted octanol–water partition coefficient (Wildman–Crippen LogP) is 3.46. The van der Waals surface area contributed by atoms with Gasteiger partial charge in [-0.15, -0.1) is 10.2 Å². The number of benzene rings is 1. The normalized spacial score (nSPS) is 10.3. The zero-order valence-electron chi connectivity index (χ0n) is 11.6. The van der Waals surface area contributed by atoms with Gasteiger partial charge >= 0.3 is 5.69 Å². The highest BCUT2D eigenvalue weighted by Gasteiger charge is 2.19. The van der Waals surface area contributed by atoms with E-state index in [1.165, 1.54) is 25.3 Å². The molecule has 0 fully saturated rings. The molecule has 0 atom stereocenters. The van der Waals surface area contributed by atoms with Crippen LogP contribution in [0.5, 0.6) is 17.4 Å². The average molecular weight is 310 g/mol. The maximum atomic E-state index is 11.0. The fraction of sp³-hybridized carbons (Fsp3) is 0.231. The second-order valence-corrected chi connectivity index (χ2v) is 4.60. The van der Waals surface area contributed by atoms with E-state index in [1.807, 2.05) is 0 Å². The molecule has 21 heavy (non-hydrogen) atoms. The molecule has 0 saturated carbocycles. The highest BCUT2D eigenvalue weighted by Crippen LogP contribution is 2.35. The summed E-state index contributed by atoms with van der Waals surface area (Å²) in [5.74, 6) is 0.624. The molecule has 1 aromatic carbocycles. The lowest BCUT2D eigenvalue weighted by Crippen LogP contribution is -2.00. The van der Waals surface area contributed by atoms with E-state index in [1.54, 1.807) is 13.8 Å². The molecule has 0 bridgehead atoms. The van der Waals surface area contributed by atoms with Crippen LogP contribution in [0.3, 0.4) is 0 Å². The number of aromatic nitrogens is 2. The first-order chi connectivity index (χ1) is 9.93. The molecule has 0 saturated heterocycles. The molecule has 2 rings (SSSR count). The van der Waals surface area contributed by atoms with Gasteiger partial charge < -0.3 is 9.47 Å². The second kappa shape index (κ2) is 5.92. The summed E-state index contributed by atoms with van der Waals surface area (Å²) in [7, 11) is 1.46. The average Bonchev–Trinajstić information content (AvgIpc) is 2.47. The van der Waals surface area contributed by atoms with Gasteiger partial charge in [0.15, 0.2) is 5.15 Å². The molecule has 0 unspecified atom stereocenters. The molecule has 0 amide bonds. The number of hydrogen-bond donors (Lipinski definition) is 0. The molecule has 1 aromatic heterocycles. The number of nitro groups is 1. The Kier molecular flexibility index (Phi) is 4.23. The van der Waals surface area contributed by atoms with Gasteiger partial charge in [0, 0.05) is 17.7 Å². The van der Waals surface area contributed by atoms with E-state index in [9.17, 15) is 10.1 Å². The molecule has 0 radical (unpaired) electrons. The highest BCUT2D eigenvalue weighted by molar-refractivity contribution is 6.30. The first-order valence-electron chi connectivity index (χ1n) is 5.93. The number of methoxy groups -OCH3 is 1. The molecule has 0 N–H and O–H groups in total. The van der Waals surface area contributed by atoms with Gasteiger partial charge in [0.1, 0.15) is 5.75 Å². The number of halogens is 1. The lowest BCUT2D eigenvalue weighted by Gasteiger charge is -2.10. The summed E-state index contributed by atoms with van der Waals surface area (Å²) >= 11 is 5.86. The maximum absolute atomic E-state index is 11.0. The zero-order valence-corrected chi connectivity index (χ0v) is 12.3. The van der Waals surface area contributed by atoms with Crippen molar-refractivity contribution >= 4 is 17.3 Å². The van der Waals surface area contributed by atoms with Crippen molar-refractivity contribution in [1.29, 1.82) is 0 Å². The van der Waals surface area contributed by atoms with Crippen LogP contribution >= 0.6 is 11.6 Å². The zero-order chi connectivity index (χ0) is 15.6. The van der Waals surface area contributed by atoms with E-state index < -0.39 is 4.92 Å². The Morgan fingerprint density at radius 3 is 2.57 bits per heavy atom. The van der Waals surface area contributed by atoms with Gasteiger partial charge in [0.05, 0.1) is 12.0 Å². The molecule has 0 spiro atoms. The molecular weight excluding hydrogens is 298 g/mol. The molecule has 7 nitrogen and oxygen atoms in total. The topological polar surface area (TPSA) is 87.4 Å². The third-order valence-electron chi connectivity index (χ3n) is 2.99. The lowest BCUT2D eigenvalue weighted by molar-refractivity contribution is -0.385. The van der Waals surface area contributed by atoms with Crippen LogP contribution < -0.4 is 9.47 Å². The van der Waals surface area contributed by atoms with Crippen molar-refractivity contribution in [2.24, 2.45) is 0 Å². The summed E-state index contributed by atoms with van der Waals surface area (Å²) < 4.78 is 10.6. The smallest absolute Gasteiger partial charge is 0.311 e. The van der Waals surface area contributed by atoms with Crippen LogP contribution in [0.15, 0.2) is 18.2 Å². The Hall–Kier alpha value is -2.41. The van der Waals surface area contributed by atoms with Crippen LogP contribution in [0.25, 0.3) is 0 Å². The summed E-state index contributed by atoms with van der Waals surface area (Å²) in [4.78, 5) is 10.5.